The number of carbonyl (C=O) groups excluding carboxylic acids is 2. The van der Waals surface area contributed by atoms with E-state index < -0.39 is 5.92 Å². The van der Waals surface area contributed by atoms with Gasteiger partial charge in [-0.15, -0.1) is 0 Å². The maximum absolute atomic E-state index is 12.7. The average molecular weight is 363 g/mol. The van der Waals surface area contributed by atoms with E-state index in [1.165, 1.54) is 0 Å². The van der Waals surface area contributed by atoms with Crippen molar-refractivity contribution in [3.05, 3.63) is 58.1 Å². The van der Waals surface area contributed by atoms with Gasteiger partial charge < -0.3 is 10.2 Å². The highest BCUT2D eigenvalue weighted by Crippen LogP contribution is 2.32. The number of hydrogen-bond donors (Lipinski definition) is 1. The molecule has 0 saturated carbocycles. The van der Waals surface area contributed by atoms with E-state index in [4.69, 9.17) is 23.2 Å². The van der Waals surface area contributed by atoms with Crippen molar-refractivity contribution in [2.75, 3.05) is 16.8 Å². The molecule has 6 heteroatoms. The minimum absolute atomic E-state index is 0.208. The Morgan fingerprint density at radius 2 is 1.96 bits per heavy atom. The van der Waals surface area contributed by atoms with E-state index in [0.29, 0.717) is 28.7 Å². The first-order valence-corrected chi connectivity index (χ1v) is 8.36. The van der Waals surface area contributed by atoms with Crippen molar-refractivity contribution in [3.63, 3.8) is 0 Å². The minimum Gasteiger partial charge on any atom is -0.325 e. The molecule has 1 aliphatic rings. The lowest BCUT2D eigenvalue weighted by Crippen LogP contribution is -2.33. The molecule has 2 amide bonds. The lowest BCUT2D eigenvalue weighted by atomic mass is 10.1. The largest absolute Gasteiger partial charge is 0.325 e. The summed E-state index contributed by atoms with van der Waals surface area (Å²) >= 11 is 12.0. The number of nitrogens with zero attached hydrogens (tertiary/aromatic N) is 1. The SMILES string of the molecule is Cc1c(Cl)cccc1N1CC[C@@H](C(=O)Nc2cccc(Cl)c2)C1=O. The van der Waals surface area contributed by atoms with Crippen LogP contribution in [0, 0.1) is 12.8 Å². The van der Waals surface area contributed by atoms with Crippen LogP contribution in [0.15, 0.2) is 42.5 Å². The Morgan fingerprint density at radius 1 is 1.21 bits per heavy atom. The van der Waals surface area contributed by atoms with E-state index in [2.05, 4.69) is 5.32 Å². The summed E-state index contributed by atoms with van der Waals surface area (Å²) in [6, 6.07) is 12.3. The molecule has 3 rings (SSSR count). The molecule has 2 aromatic carbocycles. The van der Waals surface area contributed by atoms with E-state index in [-0.39, 0.29) is 11.8 Å². The van der Waals surface area contributed by atoms with Gasteiger partial charge in [0.15, 0.2) is 0 Å². The highest BCUT2D eigenvalue weighted by atomic mass is 35.5. The van der Waals surface area contributed by atoms with Crippen LogP contribution in [-0.4, -0.2) is 18.4 Å². The average Bonchev–Trinajstić information content (AvgIpc) is 2.92. The number of anilines is 2. The van der Waals surface area contributed by atoms with Gasteiger partial charge in [-0.2, -0.15) is 0 Å². The summed E-state index contributed by atoms with van der Waals surface area (Å²) in [4.78, 5) is 26.7. The Labute approximate surface area is 150 Å². The number of nitrogens with one attached hydrogen (secondary N) is 1. The number of carbonyl (C=O) groups is 2. The fraction of sp³-hybridized carbons (Fsp3) is 0.222. The van der Waals surface area contributed by atoms with Gasteiger partial charge >= 0.3 is 0 Å². The van der Waals surface area contributed by atoms with Crippen LogP contribution < -0.4 is 10.2 Å². The molecule has 1 heterocycles. The van der Waals surface area contributed by atoms with Gasteiger partial charge in [-0.25, -0.2) is 0 Å². The first-order chi connectivity index (χ1) is 11.5. The zero-order chi connectivity index (χ0) is 17.3. The Hall–Kier alpha value is -2.04. The quantitative estimate of drug-likeness (QED) is 0.827. The summed E-state index contributed by atoms with van der Waals surface area (Å²) in [6.07, 6.45) is 0.469. The van der Waals surface area contributed by atoms with E-state index in [1.807, 2.05) is 13.0 Å². The molecule has 0 spiro atoms. The van der Waals surface area contributed by atoms with Crippen molar-refractivity contribution in [1.82, 2.24) is 0 Å². The molecule has 0 aromatic heterocycles. The van der Waals surface area contributed by atoms with Gasteiger partial charge in [-0.1, -0.05) is 35.3 Å². The summed E-state index contributed by atoms with van der Waals surface area (Å²) in [5, 5.41) is 3.89. The molecular formula is C18H16Cl2N2O2. The zero-order valence-corrected chi connectivity index (χ0v) is 14.6. The number of amides is 2. The Bertz CT molecular complexity index is 807. The molecule has 2 aromatic rings. The van der Waals surface area contributed by atoms with E-state index >= 15 is 0 Å². The number of rotatable bonds is 3. The molecule has 0 radical (unpaired) electrons. The van der Waals surface area contributed by atoms with Gasteiger partial charge in [-0.3, -0.25) is 9.59 Å². The second kappa shape index (κ2) is 6.83. The van der Waals surface area contributed by atoms with Gasteiger partial charge in [0, 0.05) is 28.0 Å². The molecule has 1 saturated heterocycles. The normalized spacial score (nSPS) is 17.2. The predicted molar refractivity (Wildman–Crippen MR) is 96.7 cm³/mol. The van der Waals surface area contributed by atoms with Crippen LogP contribution in [0.5, 0.6) is 0 Å². The lowest BCUT2D eigenvalue weighted by Gasteiger charge is -2.19. The molecule has 1 atom stereocenters. The van der Waals surface area contributed by atoms with Crippen LogP contribution in [0.2, 0.25) is 10.0 Å². The molecule has 0 unspecified atom stereocenters. The van der Waals surface area contributed by atoms with E-state index in [1.54, 1.807) is 41.3 Å². The van der Waals surface area contributed by atoms with Gasteiger partial charge in [-0.05, 0) is 49.2 Å². The van der Waals surface area contributed by atoms with Gasteiger partial charge in [0.25, 0.3) is 0 Å². The first kappa shape index (κ1) is 16.8. The second-order valence-corrected chi connectivity index (χ2v) is 6.56. The topological polar surface area (TPSA) is 49.4 Å². The Morgan fingerprint density at radius 3 is 2.71 bits per heavy atom. The summed E-state index contributed by atoms with van der Waals surface area (Å²) < 4.78 is 0. The van der Waals surface area contributed by atoms with E-state index in [0.717, 1.165) is 11.3 Å². The summed E-state index contributed by atoms with van der Waals surface area (Å²) in [5.74, 6) is -1.23. The molecule has 124 valence electrons. The van der Waals surface area contributed by atoms with Crippen molar-refractivity contribution in [1.29, 1.82) is 0 Å². The molecule has 1 fully saturated rings. The molecular weight excluding hydrogens is 347 g/mol. The Kier molecular flexibility index (Phi) is 4.78. The van der Waals surface area contributed by atoms with Crippen molar-refractivity contribution in [3.8, 4) is 0 Å². The standard InChI is InChI=1S/C18H16Cl2N2O2/c1-11-15(20)6-3-7-16(11)22-9-8-14(18(22)24)17(23)21-13-5-2-4-12(19)10-13/h2-7,10,14H,8-9H2,1H3,(H,21,23)/t14-/m0/s1. The van der Waals surface area contributed by atoms with Crippen molar-refractivity contribution < 1.29 is 9.59 Å². The maximum Gasteiger partial charge on any atom is 0.239 e. The molecule has 24 heavy (non-hydrogen) atoms. The van der Waals surface area contributed by atoms with Crippen molar-refractivity contribution in [2.45, 2.75) is 13.3 Å². The minimum atomic E-state index is -0.706. The molecule has 0 aliphatic carbocycles. The van der Waals surface area contributed by atoms with E-state index in [9.17, 15) is 9.59 Å². The summed E-state index contributed by atoms with van der Waals surface area (Å²) in [5.41, 5.74) is 2.17. The van der Waals surface area contributed by atoms with Crippen LogP contribution in [0.1, 0.15) is 12.0 Å². The lowest BCUT2D eigenvalue weighted by molar-refractivity contribution is -0.129. The summed E-state index contributed by atoms with van der Waals surface area (Å²) in [6.45, 7) is 2.36. The fourth-order valence-electron chi connectivity index (χ4n) is 2.85. The number of hydrogen-bond acceptors (Lipinski definition) is 2. The van der Waals surface area contributed by atoms with Crippen LogP contribution in [0.3, 0.4) is 0 Å². The highest BCUT2D eigenvalue weighted by Gasteiger charge is 2.38. The van der Waals surface area contributed by atoms with Gasteiger partial charge in [0.1, 0.15) is 5.92 Å². The first-order valence-electron chi connectivity index (χ1n) is 7.60. The predicted octanol–water partition coefficient (Wildman–Crippen LogP) is 4.29. The molecule has 1 aliphatic heterocycles. The van der Waals surface area contributed by atoms with Crippen molar-refractivity contribution in [2.24, 2.45) is 5.92 Å². The second-order valence-electron chi connectivity index (χ2n) is 5.71. The fourth-order valence-corrected chi connectivity index (χ4v) is 3.21. The van der Waals surface area contributed by atoms with Crippen LogP contribution >= 0.6 is 23.2 Å². The smallest absolute Gasteiger partial charge is 0.239 e. The Balaban J connectivity index is 1.76. The zero-order valence-electron chi connectivity index (χ0n) is 13.1. The number of benzene rings is 2. The van der Waals surface area contributed by atoms with Gasteiger partial charge in [0.05, 0.1) is 0 Å². The third kappa shape index (κ3) is 3.25. The molecule has 4 nitrogen and oxygen atoms in total. The highest BCUT2D eigenvalue weighted by molar-refractivity contribution is 6.32. The van der Waals surface area contributed by atoms with Crippen LogP contribution in [-0.2, 0) is 9.59 Å². The third-order valence-electron chi connectivity index (χ3n) is 4.14. The van der Waals surface area contributed by atoms with Crippen LogP contribution in [0.25, 0.3) is 0 Å². The third-order valence-corrected chi connectivity index (χ3v) is 4.79. The monoisotopic (exact) mass is 362 g/mol. The molecule has 1 N–H and O–H groups in total. The van der Waals surface area contributed by atoms with Crippen LogP contribution in [0.4, 0.5) is 11.4 Å². The molecule has 0 bridgehead atoms. The van der Waals surface area contributed by atoms with Gasteiger partial charge in [0.2, 0.25) is 11.8 Å². The summed E-state index contributed by atoms with van der Waals surface area (Å²) in [7, 11) is 0. The maximum atomic E-state index is 12.7. The number of halogens is 2. The van der Waals surface area contributed by atoms with Crippen molar-refractivity contribution >= 4 is 46.4 Å².